The third-order valence-electron chi connectivity index (χ3n) is 8.65. The molecule has 3 aliphatic heterocycles. The van der Waals surface area contributed by atoms with Gasteiger partial charge in [-0.15, -0.1) is 0 Å². The molecule has 2 saturated carbocycles. The molecule has 4 fully saturated rings. The van der Waals surface area contributed by atoms with Crippen molar-refractivity contribution in [3.05, 3.63) is 12.3 Å². The normalized spacial score (nSPS) is 59.5. The first-order valence-electron chi connectivity index (χ1n) is 9.88. The van der Waals surface area contributed by atoms with Gasteiger partial charge in [-0.1, -0.05) is 20.3 Å². The molecule has 2 saturated heterocycles. The molecule has 5 nitrogen and oxygen atoms in total. The summed E-state index contributed by atoms with van der Waals surface area (Å²) >= 11 is 0. The fourth-order valence-corrected chi connectivity index (χ4v) is 6.95. The van der Waals surface area contributed by atoms with E-state index in [-0.39, 0.29) is 35.9 Å². The van der Waals surface area contributed by atoms with Crippen LogP contribution in [0, 0.1) is 28.6 Å². The second-order valence-electron chi connectivity index (χ2n) is 9.30. The molecule has 0 aromatic heterocycles. The van der Waals surface area contributed by atoms with E-state index in [0.717, 1.165) is 25.7 Å². The Balaban J connectivity index is 1.55. The van der Waals surface area contributed by atoms with E-state index in [9.17, 15) is 10.2 Å². The molecule has 2 N–H and O–H groups in total. The van der Waals surface area contributed by atoms with Gasteiger partial charge in [0.2, 0.25) is 6.29 Å². The minimum Gasteiger partial charge on any atom is -0.472 e. The van der Waals surface area contributed by atoms with Gasteiger partial charge in [0.05, 0.1) is 37.1 Å². The largest absolute Gasteiger partial charge is 0.472 e. The van der Waals surface area contributed by atoms with Crippen LogP contribution in [0.1, 0.15) is 46.0 Å². The van der Waals surface area contributed by atoms with Crippen LogP contribution in [0.4, 0.5) is 0 Å². The third-order valence-corrected chi connectivity index (χ3v) is 8.65. The Morgan fingerprint density at radius 2 is 2.08 bits per heavy atom. The van der Waals surface area contributed by atoms with Gasteiger partial charge in [-0.05, 0) is 43.6 Å². The lowest BCUT2D eigenvalue weighted by Gasteiger charge is -2.63. The van der Waals surface area contributed by atoms with Crippen LogP contribution in [-0.2, 0) is 14.2 Å². The molecule has 25 heavy (non-hydrogen) atoms. The van der Waals surface area contributed by atoms with E-state index >= 15 is 0 Å². The number of epoxide rings is 1. The van der Waals surface area contributed by atoms with Gasteiger partial charge in [0.15, 0.2) is 0 Å². The van der Waals surface area contributed by atoms with E-state index in [1.54, 1.807) is 6.26 Å². The van der Waals surface area contributed by atoms with Crippen molar-refractivity contribution in [2.45, 2.75) is 70.1 Å². The Bertz CT molecular complexity index is 587. The standard InChI is InChI=1S/C20H30O5/c1-12-8-15(22)20(10-21)14(4-3-6-19(20)11-24-19)18(12,2)16-9-13-5-7-23-17(13)25-16/h5,7,12-17,21-22H,3-4,6,8-11H2,1-2H3. The number of aliphatic hydroxyl groups excluding tert-OH is 2. The Hall–Kier alpha value is -0.620. The zero-order valence-corrected chi connectivity index (χ0v) is 15.2. The summed E-state index contributed by atoms with van der Waals surface area (Å²) in [6, 6.07) is 0. The first kappa shape index (κ1) is 16.5. The van der Waals surface area contributed by atoms with Gasteiger partial charge in [-0.25, -0.2) is 0 Å². The summed E-state index contributed by atoms with van der Waals surface area (Å²) in [5.41, 5.74) is -0.969. The lowest BCUT2D eigenvalue weighted by Crippen LogP contribution is -2.68. The van der Waals surface area contributed by atoms with Crippen molar-refractivity contribution in [1.29, 1.82) is 0 Å². The van der Waals surface area contributed by atoms with Crippen LogP contribution in [0.5, 0.6) is 0 Å². The van der Waals surface area contributed by atoms with E-state index in [1.807, 2.05) is 0 Å². The maximum absolute atomic E-state index is 11.1. The number of ether oxygens (including phenoxy) is 3. The van der Waals surface area contributed by atoms with Crippen molar-refractivity contribution in [3.8, 4) is 0 Å². The molecule has 5 aliphatic rings. The first-order valence-corrected chi connectivity index (χ1v) is 9.88. The number of hydrogen-bond acceptors (Lipinski definition) is 5. The Kier molecular flexibility index (Phi) is 3.45. The highest BCUT2D eigenvalue weighted by Crippen LogP contribution is 2.69. The van der Waals surface area contributed by atoms with E-state index < -0.39 is 11.5 Å². The van der Waals surface area contributed by atoms with Crippen LogP contribution in [0.3, 0.4) is 0 Å². The maximum atomic E-state index is 11.1. The molecule has 140 valence electrons. The lowest BCUT2D eigenvalue weighted by molar-refractivity contribution is -0.246. The average Bonchev–Trinajstić information content (AvgIpc) is 3.04. The van der Waals surface area contributed by atoms with Crippen molar-refractivity contribution in [3.63, 3.8) is 0 Å². The molecule has 0 aromatic rings. The minimum atomic E-state index is -0.551. The third kappa shape index (κ3) is 1.88. The monoisotopic (exact) mass is 350 g/mol. The second-order valence-corrected chi connectivity index (χ2v) is 9.30. The zero-order chi connectivity index (χ0) is 17.4. The zero-order valence-electron chi connectivity index (χ0n) is 15.2. The summed E-state index contributed by atoms with van der Waals surface area (Å²) in [6.07, 6.45) is 8.04. The summed E-state index contributed by atoms with van der Waals surface area (Å²) < 4.78 is 17.9. The predicted molar refractivity (Wildman–Crippen MR) is 90.4 cm³/mol. The molecule has 0 amide bonds. The van der Waals surface area contributed by atoms with Crippen molar-refractivity contribution in [2.75, 3.05) is 13.2 Å². The molecule has 5 heteroatoms. The number of fused-ring (bicyclic) bond motifs is 3. The quantitative estimate of drug-likeness (QED) is 0.747. The minimum absolute atomic E-state index is 0.00285. The van der Waals surface area contributed by atoms with E-state index in [4.69, 9.17) is 14.2 Å². The highest BCUT2D eigenvalue weighted by atomic mass is 16.7. The van der Waals surface area contributed by atoms with Crippen LogP contribution < -0.4 is 0 Å². The molecule has 9 unspecified atom stereocenters. The number of hydrogen-bond donors (Lipinski definition) is 2. The van der Waals surface area contributed by atoms with Crippen molar-refractivity contribution in [1.82, 2.24) is 0 Å². The Labute approximate surface area is 149 Å². The van der Waals surface area contributed by atoms with Crippen LogP contribution in [-0.4, -0.2) is 47.5 Å². The molecule has 3 heterocycles. The highest BCUT2D eigenvalue weighted by Gasteiger charge is 2.74. The highest BCUT2D eigenvalue weighted by molar-refractivity contribution is 5.22. The van der Waals surface area contributed by atoms with Crippen molar-refractivity contribution >= 4 is 0 Å². The second kappa shape index (κ2) is 5.22. The number of aliphatic hydroxyl groups is 2. The SMILES string of the molecule is CC1CC(O)C2(CO)C(CCCC23CO3)C1(C)C1CC2C=COC2O1. The van der Waals surface area contributed by atoms with Crippen molar-refractivity contribution < 1.29 is 24.4 Å². The van der Waals surface area contributed by atoms with E-state index in [0.29, 0.717) is 24.9 Å². The van der Waals surface area contributed by atoms with E-state index in [1.165, 1.54) is 0 Å². The molecule has 1 spiro atoms. The molecule has 0 bridgehead atoms. The van der Waals surface area contributed by atoms with E-state index in [2.05, 4.69) is 19.9 Å². The smallest absolute Gasteiger partial charge is 0.205 e. The molecule has 9 atom stereocenters. The molecule has 0 radical (unpaired) electrons. The lowest BCUT2D eigenvalue weighted by atomic mass is 9.42. The Morgan fingerprint density at radius 1 is 1.28 bits per heavy atom. The van der Waals surface area contributed by atoms with Crippen LogP contribution >= 0.6 is 0 Å². The number of rotatable bonds is 2. The molecule has 0 aromatic carbocycles. The average molecular weight is 350 g/mol. The maximum Gasteiger partial charge on any atom is 0.205 e. The summed E-state index contributed by atoms with van der Waals surface area (Å²) in [7, 11) is 0. The van der Waals surface area contributed by atoms with Crippen LogP contribution in [0.15, 0.2) is 12.3 Å². The van der Waals surface area contributed by atoms with Crippen LogP contribution in [0.2, 0.25) is 0 Å². The molecule has 5 rings (SSSR count). The summed E-state index contributed by atoms with van der Waals surface area (Å²) in [6.45, 7) is 5.24. The van der Waals surface area contributed by atoms with Gasteiger partial charge < -0.3 is 24.4 Å². The fourth-order valence-electron chi connectivity index (χ4n) is 6.95. The molecular formula is C20H30O5. The topological polar surface area (TPSA) is 71.5 Å². The van der Waals surface area contributed by atoms with Crippen LogP contribution in [0.25, 0.3) is 0 Å². The Morgan fingerprint density at radius 3 is 2.76 bits per heavy atom. The van der Waals surface area contributed by atoms with Crippen molar-refractivity contribution in [2.24, 2.45) is 28.6 Å². The molecule has 2 aliphatic carbocycles. The van der Waals surface area contributed by atoms with Gasteiger partial charge in [0, 0.05) is 11.3 Å². The van der Waals surface area contributed by atoms with Gasteiger partial charge in [0.1, 0.15) is 5.60 Å². The van der Waals surface area contributed by atoms with Gasteiger partial charge in [0.25, 0.3) is 0 Å². The predicted octanol–water partition coefficient (Wildman–Crippen LogP) is 2.22. The fraction of sp³-hybridized carbons (Fsp3) is 0.900. The first-order chi connectivity index (χ1) is 12.0. The summed E-state index contributed by atoms with van der Waals surface area (Å²) in [4.78, 5) is 0. The summed E-state index contributed by atoms with van der Waals surface area (Å²) in [5, 5.41) is 21.6. The van der Waals surface area contributed by atoms with Gasteiger partial charge in [-0.2, -0.15) is 0 Å². The molecular weight excluding hydrogens is 320 g/mol. The van der Waals surface area contributed by atoms with Gasteiger partial charge in [-0.3, -0.25) is 0 Å². The summed E-state index contributed by atoms with van der Waals surface area (Å²) in [5.74, 6) is 0.862. The van der Waals surface area contributed by atoms with Gasteiger partial charge >= 0.3 is 0 Å².